The molecule has 0 spiro atoms. The molecule has 3 heterocycles. The van der Waals surface area contributed by atoms with Crippen LogP contribution in [0.25, 0.3) is 20.7 Å². The Balaban J connectivity index is 1.98. The van der Waals surface area contributed by atoms with Crippen LogP contribution < -0.4 is 0 Å². The van der Waals surface area contributed by atoms with Gasteiger partial charge in [-0.3, -0.25) is 0 Å². The number of aliphatic hydroxyl groups excluding tert-OH is 1. The first-order valence-corrected chi connectivity index (χ1v) is 9.25. The van der Waals surface area contributed by atoms with Crippen molar-refractivity contribution >= 4 is 56.3 Å². The van der Waals surface area contributed by atoms with E-state index in [4.69, 9.17) is 16.7 Å². The largest absolute Gasteiger partial charge is 0.396 e. The van der Waals surface area contributed by atoms with Crippen molar-refractivity contribution in [3.05, 3.63) is 33.9 Å². The molecule has 0 radical (unpaired) electrons. The summed E-state index contributed by atoms with van der Waals surface area (Å²) in [7, 11) is 0. The molecular formula is C13H11ClN2OS3. The van der Waals surface area contributed by atoms with Crippen LogP contribution >= 0.6 is 46.0 Å². The summed E-state index contributed by atoms with van der Waals surface area (Å²) in [5.41, 5.74) is 1.11. The molecule has 7 heteroatoms. The highest BCUT2D eigenvalue weighted by atomic mass is 35.5. The quantitative estimate of drug-likeness (QED) is 0.554. The molecule has 0 fully saturated rings. The number of fused-ring (bicyclic) bond motifs is 1. The zero-order valence-electron chi connectivity index (χ0n) is 10.4. The molecule has 20 heavy (non-hydrogen) atoms. The fourth-order valence-electron chi connectivity index (χ4n) is 1.85. The van der Waals surface area contributed by atoms with Gasteiger partial charge in [0.25, 0.3) is 0 Å². The SMILES string of the molecule is OCCSCc1nc(Cl)c2c(-c3cccs3)csc2n1. The number of rotatable bonds is 5. The third kappa shape index (κ3) is 2.84. The highest BCUT2D eigenvalue weighted by Crippen LogP contribution is 2.38. The Bertz CT molecular complexity index is 712. The van der Waals surface area contributed by atoms with Gasteiger partial charge < -0.3 is 5.11 Å². The van der Waals surface area contributed by atoms with Crippen LogP contribution in [0.5, 0.6) is 0 Å². The van der Waals surface area contributed by atoms with Gasteiger partial charge in [-0.25, -0.2) is 9.97 Å². The molecule has 0 aromatic carbocycles. The average Bonchev–Trinajstić information content (AvgIpc) is 3.07. The monoisotopic (exact) mass is 342 g/mol. The highest BCUT2D eigenvalue weighted by Gasteiger charge is 2.14. The highest BCUT2D eigenvalue weighted by molar-refractivity contribution is 7.98. The van der Waals surface area contributed by atoms with Gasteiger partial charge in [0.2, 0.25) is 0 Å². The molecule has 104 valence electrons. The molecule has 0 saturated heterocycles. The van der Waals surface area contributed by atoms with Crippen LogP contribution in [0.3, 0.4) is 0 Å². The van der Waals surface area contributed by atoms with E-state index in [0.717, 1.165) is 21.6 Å². The third-order valence-electron chi connectivity index (χ3n) is 2.69. The van der Waals surface area contributed by atoms with Crippen molar-refractivity contribution in [1.29, 1.82) is 0 Å². The number of nitrogens with zero attached hydrogens (tertiary/aromatic N) is 2. The summed E-state index contributed by atoms with van der Waals surface area (Å²) in [6, 6.07) is 4.10. The maximum atomic E-state index is 8.80. The van der Waals surface area contributed by atoms with Crippen molar-refractivity contribution in [2.45, 2.75) is 5.75 Å². The standard InChI is InChI=1S/C13H11ClN2OS3/c14-12-11-8(9-2-1-4-19-9)6-20-13(11)16-10(15-12)7-18-5-3-17/h1-2,4,6,17H,3,5,7H2. The van der Waals surface area contributed by atoms with Crippen LogP contribution in [0.1, 0.15) is 5.82 Å². The van der Waals surface area contributed by atoms with Crippen molar-refractivity contribution in [3.63, 3.8) is 0 Å². The number of halogens is 1. The number of hydrogen-bond acceptors (Lipinski definition) is 6. The van der Waals surface area contributed by atoms with Gasteiger partial charge in [0.05, 0.1) is 17.7 Å². The van der Waals surface area contributed by atoms with E-state index in [0.29, 0.717) is 16.7 Å². The molecule has 0 amide bonds. The van der Waals surface area contributed by atoms with Gasteiger partial charge >= 0.3 is 0 Å². The zero-order chi connectivity index (χ0) is 13.9. The van der Waals surface area contributed by atoms with Gasteiger partial charge in [-0.2, -0.15) is 11.8 Å². The lowest BCUT2D eigenvalue weighted by molar-refractivity contribution is 0.322. The lowest BCUT2D eigenvalue weighted by Crippen LogP contribution is -1.95. The fourth-order valence-corrected chi connectivity index (χ4v) is 4.56. The Labute approximate surface area is 133 Å². The lowest BCUT2D eigenvalue weighted by atomic mass is 10.2. The summed E-state index contributed by atoms with van der Waals surface area (Å²) >= 11 is 11.2. The number of hydrogen-bond donors (Lipinski definition) is 1. The van der Waals surface area contributed by atoms with Crippen molar-refractivity contribution in [3.8, 4) is 10.4 Å². The lowest BCUT2D eigenvalue weighted by Gasteiger charge is -2.02. The normalized spacial score (nSPS) is 11.3. The Morgan fingerprint density at radius 1 is 1.30 bits per heavy atom. The van der Waals surface area contributed by atoms with Gasteiger partial charge in [0.15, 0.2) is 0 Å². The average molecular weight is 343 g/mol. The van der Waals surface area contributed by atoms with Gasteiger partial charge in [-0.15, -0.1) is 22.7 Å². The Hall–Kier alpha value is -0.660. The first kappa shape index (κ1) is 14.3. The van der Waals surface area contributed by atoms with Gasteiger partial charge in [-0.1, -0.05) is 17.7 Å². The summed E-state index contributed by atoms with van der Waals surface area (Å²) in [6.45, 7) is 0.169. The first-order chi connectivity index (χ1) is 9.79. The van der Waals surface area contributed by atoms with Crippen molar-refractivity contribution in [2.24, 2.45) is 0 Å². The topological polar surface area (TPSA) is 46.0 Å². The minimum absolute atomic E-state index is 0.169. The second kappa shape index (κ2) is 6.41. The molecule has 3 rings (SSSR count). The van der Waals surface area contributed by atoms with Crippen LogP contribution in [-0.2, 0) is 5.75 Å². The molecule has 3 aromatic heterocycles. The van der Waals surface area contributed by atoms with E-state index in [-0.39, 0.29) is 6.61 Å². The predicted octanol–water partition coefficient (Wildman–Crippen LogP) is 4.30. The fraction of sp³-hybridized carbons (Fsp3) is 0.231. The summed E-state index contributed by atoms with van der Waals surface area (Å²) in [4.78, 5) is 11.1. The second-order valence-electron chi connectivity index (χ2n) is 4.01. The molecular weight excluding hydrogens is 332 g/mol. The van der Waals surface area contributed by atoms with E-state index in [1.807, 2.05) is 11.4 Å². The van der Waals surface area contributed by atoms with Crippen LogP contribution in [0.15, 0.2) is 22.9 Å². The summed E-state index contributed by atoms with van der Waals surface area (Å²) in [5, 5.41) is 14.4. The van der Waals surface area contributed by atoms with Gasteiger partial charge in [-0.05, 0) is 11.4 Å². The van der Waals surface area contributed by atoms with E-state index >= 15 is 0 Å². The molecule has 0 aliphatic heterocycles. The molecule has 1 N–H and O–H groups in total. The van der Waals surface area contributed by atoms with E-state index in [1.54, 1.807) is 34.4 Å². The van der Waals surface area contributed by atoms with E-state index in [1.165, 1.54) is 4.88 Å². The van der Waals surface area contributed by atoms with Crippen molar-refractivity contribution in [1.82, 2.24) is 9.97 Å². The van der Waals surface area contributed by atoms with E-state index < -0.39 is 0 Å². The molecule has 3 nitrogen and oxygen atoms in total. The Kier molecular flexibility index (Phi) is 4.58. The number of aliphatic hydroxyl groups is 1. The van der Waals surface area contributed by atoms with Crippen molar-refractivity contribution in [2.75, 3.05) is 12.4 Å². The number of thioether (sulfide) groups is 1. The summed E-state index contributed by atoms with van der Waals surface area (Å²) in [6.07, 6.45) is 0. The molecule has 3 aromatic rings. The van der Waals surface area contributed by atoms with Gasteiger partial charge in [0, 0.05) is 21.6 Å². The second-order valence-corrected chi connectivity index (χ2v) is 7.28. The molecule has 0 aliphatic carbocycles. The molecule has 0 bridgehead atoms. The minimum atomic E-state index is 0.169. The molecule has 0 saturated carbocycles. The molecule has 0 atom stereocenters. The number of thiophene rings is 2. The zero-order valence-corrected chi connectivity index (χ0v) is 13.6. The Morgan fingerprint density at radius 2 is 2.20 bits per heavy atom. The van der Waals surface area contributed by atoms with Crippen LogP contribution in [0.2, 0.25) is 5.15 Å². The number of aromatic nitrogens is 2. The first-order valence-electron chi connectivity index (χ1n) is 5.95. The third-order valence-corrected chi connectivity index (χ3v) is 5.67. The summed E-state index contributed by atoms with van der Waals surface area (Å²) in [5.74, 6) is 2.08. The minimum Gasteiger partial charge on any atom is -0.396 e. The van der Waals surface area contributed by atoms with Crippen LogP contribution in [0, 0.1) is 0 Å². The van der Waals surface area contributed by atoms with Crippen LogP contribution in [-0.4, -0.2) is 27.4 Å². The molecule has 0 aliphatic rings. The van der Waals surface area contributed by atoms with E-state index in [2.05, 4.69) is 21.4 Å². The van der Waals surface area contributed by atoms with Crippen molar-refractivity contribution < 1.29 is 5.11 Å². The van der Waals surface area contributed by atoms with Crippen LogP contribution in [0.4, 0.5) is 0 Å². The molecule has 0 unspecified atom stereocenters. The maximum Gasteiger partial charge on any atom is 0.142 e. The maximum absolute atomic E-state index is 8.80. The summed E-state index contributed by atoms with van der Waals surface area (Å²) < 4.78 is 0. The van der Waals surface area contributed by atoms with Gasteiger partial charge in [0.1, 0.15) is 15.8 Å². The predicted molar refractivity (Wildman–Crippen MR) is 89.0 cm³/mol. The van der Waals surface area contributed by atoms with E-state index in [9.17, 15) is 0 Å². The smallest absolute Gasteiger partial charge is 0.142 e. The Morgan fingerprint density at radius 3 is 2.95 bits per heavy atom.